The lowest BCUT2D eigenvalue weighted by Crippen LogP contribution is -2.40. The smallest absolute Gasteiger partial charge is 0.253 e. The molecule has 1 unspecified atom stereocenters. The highest BCUT2D eigenvalue weighted by molar-refractivity contribution is 5.94. The highest BCUT2D eigenvalue weighted by Gasteiger charge is 2.26. The van der Waals surface area contributed by atoms with Crippen LogP contribution in [0.3, 0.4) is 0 Å². The van der Waals surface area contributed by atoms with Gasteiger partial charge < -0.3 is 10.0 Å². The second kappa shape index (κ2) is 5.57. The zero-order valence-corrected chi connectivity index (χ0v) is 12.1. The number of carbonyl (C=O) groups is 1. The molecule has 3 heteroatoms. The number of carbonyl (C=O) groups excluding carboxylic acids is 1. The summed E-state index contributed by atoms with van der Waals surface area (Å²) in [5.41, 5.74) is 3.60. The van der Waals surface area contributed by atoms with Gasteiger partial charge in [-0.15, -0.1) is 0 Å². The van der Waals surface area contributed by atoms with Crippen LogP contribution in [0.2, 0.25) is 0 Å². The number of piperidine rings is 1. The first-order valence-corrected chi connectivity index (χ1v) is 7.74. The molecule has 3 nitrogen and oxygen atoms in total. The standard InChI is InChI=1S/C17H23NO2/c1-12(19)13-7-9-18(10-8-13)17(20)16-6-5-14-3-2-4-15(14)11-16/h5-6,11-13,19H,2-4,7-10H2,1H3. The third-order valence-corrected chi connectivity index (χ3v) is 4.85. The van der Waals surface area contributed by atoms with Crippen molar-refractivity contribution in [2.24, 2.45) is 5.92 Å². The highest BCUT2D eigenvalue weighted by atomic mass is 16.3. The number of likely N-dealkylation sites (tertiary alicyclic amines) is 1. The summed E-state index contributed by atoms with van der Waals surface area (Å²) in [6, 6.07) is 6.19. The molecule has 108 valence electrons. The Bertz CT molecular complexity index is 502. The second-order valence-corrected chi connectivity index (χ2v) is 6.21. The number of benzene rings is 1. The van der Waals surface area contributed by atoms with Crippen molar-refractivity contribution in [3.05, 3.63) is 34.9 Å². The summed E-state index contributed by atoms with van der Waals surface area (Å²) in [5, 5.41) is 9.62. The van der Waals surface area contributed by atoms with E-state index in [4.69, 9.17) is 0 Å². The van der Waals surface area contributed by atoms with Crippen LogP contribution in [0.5, 0.6) is 0 Å². The minimum Gasteiger partial charge on any atom is -0.393 e. The largest absolute Gasteiger partial charge is 0.393 e. The molecule has 20 heavy (non-hydrogen) atoms. The average molecular weight is 273 g/mol. The van der Waals surface area contributed by atoms with Crippen LogP contribution in [-0.2, 0) is 12.8 Å². The van der Waals surface area contributed by atoms with Crippen molar-refractivity contribution in [1.82, 2.24) is 4.90 Å². The fourth-order valence-electron chi connectivity index (χ4n) is 3.47. The predicted molar refractivity (Wildman–Crippen MR) is 78.8 cm³/mol. The van der Waals surface area contributed by atoms with Crippen molar-refractivity contribution in [1.29, 1.82) is 0 Å². The van der Waals surface area contributed by atoms with Gasteiger partial charge in [0.2, 0.25) is 0 Å². The van der Waals surface area contributed by atoms with Gasteiger partial charge in [0.15, 0.2) is 0 Å². The van der Waals surface area contributed by atoms with E-state index in [-0.39, 0.29) is 12.0 Å². The maximum absolute atomic E-state index is 12.5. The number of aliphatic hydroxyl groups is 1. The van der Waals surface area contributed by atoms with E-state index in [1.54, 1.807) is 0 Å². The van der Waals surface area contributed by atoms with E-state index in [0.29, 0.717) is 5.92 Å². The van der Waals surface area contributed by atoms with Gasteiger partial charge in [0.1, 0.15) is 0 Å². The number of aliphatic hydroxyl groups excluding tert-OH is 1. The molecule has 0 spiro atoms. The van der Waals surface area contributed by atoms with Crippen LogP contribution in [0.15, 0.2) is 18.2 Å². The zero-order chi connectivity index (χ0) is 14.1. The summed E-state index contributed by atoms with van der Waals surface area (Å²) in [6.45, 7) is 3.39. The fourth-order valence-corrected chi connectivity index (χ4v) is 3.47. The van der Waals surface area contributed by atoms with Crippen molar-refractivity contribution < 1.29 is 9.90 Å². The van der Waals surface area contributed by atoms with E-state index in [1.807, 2.05) is 17.9 Å². The molecular weight excluding hydrogens is 250 g/mol. The summed E-state index contributed by atoms with van der Waals surface area (Å²) < 4.78 is 0. The van der Waals surface area contributed by atoms with Crippen LogP contribution in [0.25, 0.3) is 0 Å². The Labute approximate surface area is 120 Å². The van der Waals surface area contributed by atoms with Crippen LogP contribution in [0, 0.1) is 5.92 Å². The number of fused-ring (bicyclic) bond motifs is 1. The van der Waals surface area contributed by atoms with E-state index >= 15 is 0 Å². The Morgan fingerprint density at radius 1 is 1.25 bits per heavy atom. The summed E-state index contributed by atoms with van der Waals surface area (Å²) >= 11 is 0. The summed E-state index contributed by atoms with van der Waals surface area (Å²) in [4.78, 5) is 14.5. The lowest BCUT2D eigenvalue weighted by Gasteiger charge is -2.33. The minimum atomic E-state index is -0.257. The van der Waals surface area contributed by atoms with Gasteiger partial charge >= 0.3 is 0 Å². The quantitative estimate of drug-likeness (QED) is 0.899. The molecule has 1 aliphatic heterocycles. The van der Waals surface area contributed by atoms with Crippen molar-refractivity contribution >= 4 is 5.91 Å². The molecule has 2 aliphatic rings. The van der Waals surface area contributed by atoms with Crippen LogP contribution in [0.1, 0.15) is 47.7 Å². The lowest BCUT2D eigenvalue weighted by molar-refractivity contribution is 0.0521. The van der Waals surface area contributed by atoms with Crippen LogP contribution in [0.4, 0.5) is 0 Å². The van der Waals surface area contributed by atoms with Crippen molar-refractivity contribution in [3.8, 4) is 0 Å². The molecule has 0 saturated carbocycles. The Morgan fingerprint density at radius 3 is 2.65 bits per heavy atom. The Morgan fingerprint density at radius 2 is 1.95 bits per heavy atom. The third-order valence-electron chi connectivity index (χ3n) is 4.85. The van der Waals surface area contributed by atoms with Gasteiger partial charge in [-0.1, -0.05) is 6.07 Å². The molecule has 1 amide bonds. The lowest BCUT2D eigenvalue weighted by atomic mass is 9.92. The van der Waals surface area contributed by atoms with Crippen molar-refractivity contribution in [3.63, 3.8) is 0 Å². The number of aryl methyl sites for hydroxylation is 2. The Kier molecular flexibility index (Phi) is 3.79. The number of hydrogen-bond acceptors (Lipinski definition) is 2. The van der Waals surface area contributed by atoms with Gasteiger partial charge in [0.05, 0.1) is 6.10 Å². The van der Waals surface area contributed by atoms with Crippen molar-refractivity contribution in [2.75, 3.05) is 13.1 Å². The van der Waals surface area contributed by atoms with E-state index in [9.17, 15) is 9.90 Å². The number of amides is 1. The van der Waals surface area contributed by atoms with E-state index in [2.05, 4.69) is 12.1 Å². The molecular formula is C17H23NO2. The highest BCUT2D eigenvalue weighted by Crippen LogP contribution is 2.25. The molecule has 1 atom stereocenters. The summed E-state index contributed by atoms with van der Waals surface area (Å²) in [5.74, 6) is 0.503. The second-order valence-electron chi connectivity index (χ2n) is 6.21. The topological polar surface area (TPSA) is 40.5 Å². The van der Waals surface area contributed by atoms with E-state index in [1.165, 1.54) is 17.5 Å². The fraction of sp³-hybridized carbons (Fsp3) is 0.588. The maximum Gasteiger partial charge on any atom is 0.253 e. The van der Waals surface area contributed by atoms with Gasteiger partial charge in [-0.05, 0) is 68.2 Å². The van der Waals surface area contributed by atoms with Gasteiger partial charge in [0, 0.05) is 18.7 Å². The Balaban J connectivity index is 1.68. The molecule has 0 bridgehead atoms. The molecule has 0 radical (unpaired) electrons. The molecule has 3 rings (SSSR count). The van der Waals surface area contributed by atoms with Crippen LogP contribution >= 0.6 is 0 Å². The SMILES string of the molecule is CC(O)C1CCN(C(=O)c2ccc3c(c2)CCC3)CC1. The minimum absolute atomic E-state index is 0.156. The van der Waals surface area contributed by atoms with E-state index < -0.39 is 0 Å². The molecule has 1 N–H and O–H groups in total. The monoisotopic (exact) mass is 273 g/mol. The zero-order valence-electron chi connectivity index (χ0n) is 12.1. The first-order valence-electron chi connectivity index (χ1n) is 7.74. The maximum atomic E-state index is 12.5. The van der Waals surface area contributed by atoms with Gasteiger partial charge in [0.25, 0.3) is 5.91 Å². The predicted octanol–water partition coefficient (Wildman–Crippen LogP) is 2.41. The van der Waals surface area contributed by atoms with Crippen molar-refractivity contribution in [2.45, 2.75) is 45.1 Å². The third kappa shape index (κ3) is 2.59. The molecule has 1 aromatic rings. The van der Waals surface area contributed by atoms with Gasteiger partial charge in [-0.25, -0.2) is 0 Å². The first kappa shape index (κ1) is 13.6. The normalized spacial score (nSPS) is 20.8. The summed E-state index contributed by atoms with van der Waals surface area (Å²) in [7, 11) is 0. The number of hydrogen-bond donors (Lipinski definition) is 1. The number of rotatable bonds is 2. The molecule has 1 aromatic carbocycles. The number of nitrogens with zero attached hydrogens (tertiary/aromatic N) is 1. The molecule has 1 heterocycles. The van der Waals surface area contributed by atoms with Crippen LogP contribution < -0.4 is 0 Å². The molecule has 0 aromatic heterocycles. The molecule has 1 saturated heterocycles. The summed E-state index contributed by atoms with van der Waals surface area (Å²) in [6.07, 6.45) is 5.05. The van der Waals surface area contributed by atoms with Gasteiger partial charge in [-0.2, -0.15) is 0 Å². The van der Waals surface area contributed by atoms with Gasteiger partial charge in [-0.3, -0.25) is 4.79 Å². The van der Waals surface area contributed by atoms with Crippen LogP contribution in [-0.4, -0.2) is 35.1 Å². The molecule has 1 fully saturated rings. The molecule has 1 aliphatic carbocycles. The first-order chi connectivity index (χ1) is 9.65. The average Bonchev–Trinajstić information content (AvgIpc) is 2.94. The van der Waals surface area contributed by atoms with E-state index in [0.717, 1.165) is 44.3 Å². The Hall–Kier alpha value is -1.35.